The fourth-order valence-corrected chi connectivity index (χ4v) is 16.4. The van der Waals surface area contributed by atoms with Gasteiger partial charge in [0.05, 0.1) is 35.4 Å². The molecule has 0 radical (unpaired) electrons. The van der Waals surface area contributed by atoms with Gasteiger partial charge < -0.3 is 19.3 Å². The van der Waals surface area contributed by atoms with Crippen LogP contribution in [0.3, 0.4) is 0 Å². The molecule has 0 spiro atoms. The van der Waals surface area contributed by atoms with Gasteiger partial charge in [-0.2, -0.15) is 8.61 Å². The first-order chi connectivity index (χ1) is 36.8. The number of thiazole rings is 2. The van der Waals surface area contributed by atoms with Gasteiger partial charge in [0, 0.05) is 97.6 Å². The molecule has 0 saturated carbocycles. The first-order valence-corrected chi connectivity index (χ1v) is 32.6. The smallest absolute Gasteiger partial charge is 0.243 e. The fourth-order valence-electron chi connectivity index (χ4n) is 9.97. The van der Waals surface area contributed by atoms with E-state index in [1.54, 1.807) is 51.6 Å². The average molecular weight is 1180 g/mol. The normalized spacial score (nSPS) is 15.1. The van der Waals surface area contributed by atoms with E-state index < -0.39 is 20.0 Å². The minimum atomic E-state index is -3.64. The lowest BCUT2D eigenvalue weighted by molar-refractivity contribution is 0.383. The molecule has 12 nitrogen and oxygen atoms in total. The molecule has 2 aromatic heterocycles. The third kappa shape index (κ3) is 14.1. The molecule has 78 heavy (non-hydrogen) atoms. The van der Waals surface area contributed by atoms with Crippen LogP contribution >= 0.6 is 45.9 Å². The number of halogens is 2. The highest BCUT2D eigenvalue weighted by atomic mass is 35.5. The van der Waals surface area contributed by atoms with Gasteiger partial charge in [-0.15, -0.1) is 22.7 Å². The van der Waals surface area contributed by atoms with Crippen molar-refractivity contribution in [2.24, 2.45) is 0 Å². The van der Waals surface area contributed by atoms with Gasteiger partial charge >= 0.3 is 0 Å². The fraction of sp³-hybridized carbons (Fsp3) is 0.500. The Morgan fingerprint density at radius 2 is 0.885 bits per heavy atom. The minimum Gasteiger partial charge on any atom is -0.497 e. The number of benzene rings is 4. The summed E-state index contributed by atoms with van der Waals surface area (Å²) < 4.78 is 70.7. The van der Waals surface area contributed by atoms with Crippen molar-refractivity contribution in [1.82, 2.24) is 18.6 Å². The highest BCUT2D eigenvalue weighted by Crippen LogP contribution is 2.40. The summed E-state index contributed by atoms with van der Waals surface area (Å²) in [6.45, 7) is 29.5. The Morgan fingerprint density at radius 3 is 1.23 bits per heavy atom. The number of rotatable bonds is 18. The van der Waals surface area contributed by atoms with Gasteiger partial charge in [-0.25, -0.2) is 26.8 Å². The van der Waals surface area contributed by atoms with Gasteiger partial charge in [0.2, 0.25) is 20.0 Å². The Kier molecular flexibility index (Phi) is 20.5. The van der Waals surface area contributed by atoms with E-state index in [1.165, 1.54) is 11.1 Å². The Morgan fingerprint density at radius 1 is 0.500 bits per heavy atom. The Balaban J connectivity index is 0.000000226. The van der Waals surface area contributed by atoms with Crippen molar-refractivity contribution < 1.29 is 26.3 Å². The Hall–Kier alpha value is -4.26. The van der Waals surface area contributed by atoms with Crippen LogP contribution in [0.1, 0.15) is 174 Å². The zero-order valence-electron chi connectivity index (χ0n) is 48.0. The number of sulfonamides is 2. The molecule has 4 heterocycles. The molecule has 0 aliphatic carbocycles. The van der Waals surface area contributed by atoms with Crippen LogP contribution < -0.4 is 19.3 Å². The monoisotopic (exact) mass is 1180 g/mol. The van der Waals surface area contributed by atoms with E-state index in [9.17, 15) is 16.8 Å². The molecule has 2 saturated heterocycles. The molecule has 0 amide bonds. The lowest BCUT2D eigenvalue weighted by atomic mass is 9.89. The quantitative estimate of drug-likeness (QED) is 0.0821. The second-order valence-electron chi connectivity index (χ2n) is 22.3. The van der Waals surface area contributed by atoms with Crippen LogP contribution in [0.4, 0.5) is 10.3 Å². The second-order valence-corrected chi connectivity index (χ2v) is 28.5. The van der Waals surface area contributed by atoms with Crippen LogP contribution in [-0.4, -0.2) is 102 Å². The number of aromatic nitrogens is 2. The van der Waals surface area contributed by atoms with Crippen molar-refractivity contribution in [3.05, 3.63) is 137 Å². The summed E-state index contributed by atoms with van der Waals surface area (Å²) in [5.41, 5.74) is 10.0. The maximum Gasteiger partial charge on any atom is 0.243 e. The molecule has 0 N–H and O–H groups in total. The molecule has 8 rings (SSSR count). The molecule has 0 bridgehead atoms. The number of methoxy groups -OCH3 is 2. The van der Waals surface area contributed by atoms with Crippen molar-refractivity contribution in [2.75, 3.05) is 76.4 Å². The molecule has 18 heteroatoms. The maximum absolute atomic E-state index is 14.1. The van der Waals surface area contributed by atoms with Crippen LogP contribution in [0.15, 0.2) is 81.2 Å². The standard InChI is InChI=1S/C31H43N3O4S2.C29H37Cl2N3O2S2/c1-20(2)24-16-27(21(3)4)30(28(17-24)22(5)6)40(35,36)34-13-11-33(12-14-34)31-32-25(19-39-31)15-23-9-10-26(37-7)18-29(23)38-8;1-18(2)22-14-25(19(3)4)28(26(15-22)20(5)6)38(35,36)34-11-9-33(10-12-34)29-32-24(17-37-29)13-21-7-8-23(30)16-27(21)31/h9-10,16-22H,11-15H2,1-8H3;7-8,14-20H,9-13H2,1-6H3. The first-order valence-electron chi connectivity index (χ1n) is 27.2. The molecule has 0 unspecified atom stereocenters. The van der Waals surface area contributed by atoms with Gasteiger partial charge in [0.1, 0.15) is 11.5 Å². The summed E-state index contributed by atoms with van der Waals surface area (Å²) in [7, 11) is -3.99. The number of piperazine rings is 2. The zero-order valence-corrected chi connectivity index (χ0v) is 52.8. The zero-order chi connectivity index (χ0) is 57.0. The van der Waals surface area contributed by atoms with Gasteiger partial charge in [0.25, 0.3) is 0 Å². The Labute approximate surface area is 484 Å². The van der Waals surface area contributed by atoms with E-state index in [0.717, 1.165) is 66.5 Å². The summed E-state index contributed by atoms with van der Waals surface area (Å²) in [5.74, 6) is 2.65. The van der Waals surface area contributed by atoms with Crippen LogP contribution in [0.2, 0.25) is 10.0 Å². The molecule has 2 aliphatic rings. The molecule has 2 aliphatic heterocycles. The summed E-state index contributed by atoms with van der Waals surface area (Å²) in [6, 6.07) is 19.8. The third-order valence-corrected chi connectivity index (χ3v) is 21.3. The largest absolute Gasteiger partial charge is 0.497 e. The molecule has 4 aromatic carbocycles. The van der Waals surface area contributed by atoms with Crippen LogP contribution in [0.25, 0.3) is 0 Å². The molecular weight excluding hydrogens is 1100 g/mol. The van der Waals surface area contributed by atoms with Gasteiger partial charge in [-0.3, -0.25) is 0 Å². The number of anilines is 2. The van der Waals surface area contributed by atoms with E-state index >= 15 is 0 Å². The van der Waals surface area contributed by atoms with E-state index in [0.29, 0.717) is 96.9 Å². The highest BCUT2D eigenvalue weighted by Gasteiger charge is 2.36. The highest BCUT2D eigenvalue weighted by molar-refractivity contribution is 7.89. The van der Waals surface area contributed by atoms with Crippen molar-refractivity contribution >= 4 is 76.2 Å². The van der Waals surface area contributed by atoms with Crippen molar-refractivity contribution in [3.8, 4) is 11.5 Å². The van der Waals surface area contributed by atoms with Crippen molar-refractivity contribution in [2.45, 2.75) is 141 Å². The van der Waals surface area contributed by atoms with Crippen LogP contribution in [0, 0.1) is 0 Å². The van der Waals surface area contributed by atoms with Gasteiger partial charge in [-0.05, 0) is 92.7 Å². The average Bonchev–Trinajstić information content (AvgIpc) is 4.11. The lowest BCUT2D eigenvalue weighted by Crippen LogP contribution is -2.49. The first kappa shape index (κ1) is 61.4. The molecule has 6 aromatic rings. The second kappa shape index (κ2) is 26.1. The maximum atomic E-state index is 14.1. The lowest BCUT2D eigenvalue weighted by Gasteiger charge is -2.35. The summed E-state index contributed by atoms with van der Waals surface area (Å²) in [4.78, 5) is 15.1. The predicted octanol–water partition coefficient (Wildman–Crippen LogP) is 14.6. The topological polar surface area (TPSA) is 125 Å². The van der Waals surface area contributed by atoms with E-state index in [4.69, 9.17) is 42.6 Å². The van der Waals surface area contributed by atoms with Gasteiger partial charge in [-0.1, -0.05) is 143 Å². The number of ether oxygens (including phenoxy) is 2. The summed E-state index contributed by atoms with van der Waals surface area (Å²) in [6.07, 6.45) is 1.28. The van der Waals surface area contributed by atoms with Crippen molar-refractivity contribution in [1.29, 1.82) is 0 Å². The molecule has 424 valence electrons. The molecule has 2 fully saturated rings. The van der Waals surface area contributed by atoms with Gasteiger partial charge in [0.15, 0.2) is 10.3 Å². The van der Waals surface area contributed by atoms with E-state index in [2.05, 4.69) is 123 Å². The van der Waals surface area contributed by atoms with E-state index in [-0.39, 0.29) is 23.7 Å². The summed E-state index contributed by atoms with van der Waals surface area (Å²) >= 11 is 15.6. The predicted molar refractivity (Wildman–Crippen MR) is 325 cm³/mol. The summed E-state index contributed by atoms with van der Waals surface area (Å²) in [5, 5.41) is 7.20. The van der Waals surface area contributed by atoms with Crippen LogP contribution in [0.5, 0.6) is 11.5 Å². The van der Waals surface area contributed by atoms with E-state index in [1.807, 2.05) is 35.7 Å². The number of hydrogen-bond acceptors (Lipinski definition) is 12. The van der Waals surface area contributed by atoms with Crippen LogP contribution in [-0.2, 0) is 32.9 Å². The number of nitrogens with zero attached hydrogens (tertiary/aromatic N) is 6. The minimum absolute atomic E-state index is 0.111. The third-order valence-electron chi connectivity index (χ3n) is 14.7. The number of hydrogen-bond donors (Lipinski definition) is 0. The molecular formula is C60H80Cl2N6O6S4. The Bertz CT molecular complexity index is 3190. The molecule has 0 atom stereocenters. The SMILES string of the molecule is CC(C)c1cc(C(C)C)c(S(=O)(=O)N2CCN(c3nc(Cc4ccc(Cl)cc4Cl)cs3)CC2)c(C(C)C)c1.COc1ccc(Cc2csc(N3CCN(S(=O)(=O)c4c(C(C)C)cc(C(C)C)cc4C(C)C)CC3)n2)c(OC)c1. The van der Waals surface area contributed by atoms with Crippen molar-refractivity contribution in [3.63, 3.8) is 0 Å².